The zero-order chi connectivity index (χ0) is 17.0. The zero-order valence-corrected chi connectivity index (χ0v) is 15.3. The molecule has 1 heterocycles. The third-order valence-electron chi connectivity index (χ3n) is 3.21. The number of ether oxygens (including phenoxy) is 2. The SMILES string of the molecule is COC(=O)c1c(NC(=O)COc2ccc(Br)cc2)sc(C)c1C. The molecule has 1 aromatic carbocycles. The summed E-state index contributed by atoms with van der Waals surface area (Å²) in [5, 5.41) is 3.20. The number of carbonyl (C=O) groups is 2. The number of anilines is 1. The van der Waals surface area contributed by atoms with E-state index in [4.69, 9.17) is 9.47 Å². The molecule has 0 saturated carbocycles. The lowest BCUT2D eigenvalue weighted by Crippen LogP contribution is -2.21. The molecule has 2 rings (SSSR count). The highest BCUT2D eigenvalue weighted by Gasteiger charge is 2.21. The Morgan fingerprint density at radius 1 is 1.22 bits per heavy atom. The van der Waals surface area contributed by atoms with Gasteiger partial charge in [0, 0.05) is 9.35 Å². The molecule has 122 valence electrons. The number of aryl methyl sites for hydroxylation is 1. The van der Waals surface area contributed by atoms with Crippen LogP contribution in [0.4, 0.5) is 5.00 Å². The molecule has 0 aliphatic rings. The maximum absolute atomic E-state index is 12.0. The van der Waals surface area contributed by atoms with E-state index in [-0.39, 0.29) is 12.5 Å². The van der Waals surface area contributed by atoms with Crippen LogP contribution in [0.1, 0.15) is 20.8 Å². The maximum Gasteiger partial charge on any atom is 0.341 e. The molecule has 0 fully saturated rings. The lowest BCUT2D eigenvalue weighted by molar-refractivity contribution is -0.118. The minimum Gasteiger partial charge on any atom is -0.484 e. The van der Waals surface area contributed by atoms with Crippen LogP contribution in [0.5, 0.6) is 5.75 Å². The number of rotatable bonds is 5. The van der Waals surface area contributed by atoms with Gasteiger partial charge < -0.3 is 14.8 Å². The largest absolute Gasteiger partial charge is 0.484 e. The van der Waals surface area contributed by atoms with E-state index in [1.54, 1.807) is 12.1 Å². The van der Waals surface area contributed by atoms with Gasteiger partial charge >= 0.3 is 5.97 Å². The van der Waals surface area contributed by atoms with Gasteiger partial charge in [-0.2, -0.15) is 0 Å². The number of nitrogens with one attached hydrogen (secondary N) is 1. The highest BCUT2D eigenvalue weighted by Crippen LogP contribution is 2.32. The van der Waals surface area contributed by atoms with Gasteiger partial charge in [0.05, 0.1) is 12.7 Å². The Balaban J connectivity index is 2.04. The Kier molecular flexibility index (Phi) is 5.79. The fraction of sp³-hybridized carbons (Fsp3) is 0.250. The van der Waals surface area contributed by atoms with Gasteiger partial charge in [-0.25, -0.2) is 4.79 Å². The van der Waals surface area contributed by atoms with E-state index in [1.807, 2.05) is 26.0 Å². The Morgan fingerprint density at radius 2 is 1.87 bits per heavy atom. The van der Waals surface area contributed by atoms with Crippen molar-refractivity contribution in [2.45, 2.75) is 13.8 Å². The van der Waals surface area contributed by atoms with Crippen LogP contribution in [0.2, 0.25) is 0 Å². The number of thiophene rings is 1. The molecule has 7 heteroatoms. The number of methoxy groups -OCH3 is 1. The predicted molar refractivity (Wildman–Crippen MR) is 93.4 cm³/mol. The minimum atomic E-state index is -0.462. The molecule has 0 aliphatic carbocycles. The lowest BCUT2D eigenvalue weighted by Gasteiger charge is -2.08. The van der Waals surface area contributed by atoms with Gasteiger partial charge in [-0.05, 0) is 43.7 Å². The molecule has 1 N–H and O–H groups in total. The number of amides is 1. The quantitative estimate of drug-likeness (QED) is 0.776. The van der Waals surface area contributed by atoms with Crippen molar-refractivity contribution in [3.05, 3.63) is 44.7 Å². The summed E-state index contributed by atoms with van der Waals surface area (Å²) < 4.78 is 11.1. The smallest absolute Gasteiger partial charge is 0.341 e. The molecule has 0 spiro atoms. The van der Waals surface area contributed by atoms with Gasteiger partial charge in [0.1, 0.15) is 10.8 Å². The predicted octanol–water partition coefficient (Wildman–Crippen LogP) is 3.93. The summed E-state index contributed by atoms with van der Waals surface area (Å²) in [5.74, 6) is -0.203. The van der Waals surface area contributed by atoms with Crippen LogP contribution >= 0.6 is 27.3 Å². The molecular formula is C16H16BrNO4S. The van der Waals surface area contributed by atoms with Gasteiger partial charge in [0.25, 0.3) is 5.91 Å². The first-order valence-corrected chi connectivity index (χ1v) is 8.40. The van der Waals surface area contributed by atoms with E-state index in [2.05, 4.69) is 21.2 Å². The van der Waals surface area contributed by atoms with Crippen LogP contribution < -0.4 is 10.1 Å². The average Bonchev–Trinajstić information content (AvgIpc) is 2.80. The Labute approximate surface area is 146 Å². The Morgan fingerprint density at radius 3 is 2.48 bits per heavy atom. The molecule has 1 amide bonds. The van der Waals surface area contributed by atoms with Crippen molar-refractivity contribution in [2.75, 3.05) is 19.0 Å². The highest BCUT2D eigenvalue weighted by molar-refractivity contribution is 9.10. The number of esters is 1. The molecule has 1 aromatic heterocycles. The van der Waals surface area contributed by atoms with E-state index in [1.165, 1.54) is 18.4 Å². The molecular weight excluding hydrogens is 382 g/mol. The number of carbonyl (C=O) groups excluding carboxylic acids is 2. The Bertz CT molecular complexity index is 724. The fourth-order valence-electron chi connectivity index (χ4n) is 1.91. The lowest BCUT2D eigenvalue weighted by atomic mass is 10.1. The molecule has 2 aromatic rings. The van der Waals surface area contributed by atoms with E-state index in [0.29, 0.717) is 16.3 Å². The van der Waals surface area contributed by atoms with Gasteiger partial charge in [-0.15, -0.1) is 11.3 Å². The normalized spacial score (nSPS) is 10.3. The molecule has 23 heavy (non-hydrogen) atoms. The second-order valence-electron chi connectivity index (χ2n) is 4.77. The molecule has 0 radical (unpaired) electrons. The summed E-state index contributed by atoms with van der Waals surface area (Å²) >= 11 is 4.67. The second-order valence-corrected chi connectivity index (χ2v) is 6.91. The summed E-state index contributed by atoms with van der Waals surface area (Å²) in [6, 6.07) is 7.18. The summed E-state index contributed by atoms with van der Waals surface area (Å²) in [5.41, 5.74) is 1.21. The summed E-state index contributed by atoms with van der Waals surface area (Å²) in [4.78, 5) is 24.9. The van der Waals surface area contributed by atoms with Crippen molar-refractivity contribution in [1.82, 2.24) is 0 Å². The fourth-order valence-corrected chi connectivity index (χ4v) is 3.23. The van der Waals surface area contributed by atoms with Crippen molar-refractivity contribution < 1.29 is 19.1 Å². The Hall–Kier alpha value is -1.86. The van der Waals surface area contributed by atoms with Gasteiger partial charge in [-0.1, -0.05) is 15.9 Å². The first-order valence-electron chi connectivity index (χ1n) is 6.79. The van der Waals surface area contributed by atoms with E-state index in [9.17, 15) is 9.59 Å². The topological polar surface area (TPSA) is 64.6 Å². The molecule has 0 atom stereocenters. The number of hydrogen-bond donors (Lipinski definition) is 1. The molecule has 5 nitrogen and oxygen atoms in total. The van der Waals surface area contributed by atoms with Crippen LogP contribution in [-0.4, -0.2) is 25.6 Å². The average molecular weight is 398 g/mol. The number of benzene rings is 1. The third kappa shape index (κ3) is 4.33. The molecule has 0 aliphatic heterocycles. The van der Waals surface area contributed by atoms with Crippen LogP contribution in [0.15, 0.2) is 28.7 Å². The summed E-state index contributed by atoms with van der Waals surface area (Å²) in [6.45, 7) is 3.57. The minimum absolute atomic E-state index is 0.141. The van der Waals surface area contributed by atoms with E-state index < -0.39 is 5.97 Å². The summed E-state index contributed by atoms with van der Waals surface area (Å²) in [7, 11) is 1.32. The number of hydrogen-bond acceptors (Lipinski definition) is 5. The van der Waals surface area contributed by atoms with Crippen LogP contribution in [-0.2, 0) is 9.53 Å². The highest BCUT2D eigenvalue weighted by atomic mass is 79.9. The van der Waals surface area contributed by atoms with Crippen LogP contribution in [0, 0.1) is 13.8 Å². The summed E-state index contributed by atoms with van der Waals surface area (Å²) in [6.07, 6.45) is 0. The molecule has 0 unspecified atom stereocenters. The van der Waals surface area contributed by atoms with Gasteiger partial charge in [0.15, 0.2) is 6.61 Å². The van der Waals surface area contributed by atoms with E-state index in [0.717, 1.165) is 14.9 Å². The van der Waals surface area contributed by atoms with Crippen molar-refractivity contribution in [2.24, 2.45) is 0 Å². The monoisotopic (exact) mass is 397 g/mol. The van der Waals surface area contributed by atoms with Crippen molar-refractivity contribution in [3.63, 3.8) is 0 Å². The molecule has 0 bridgehead atoms. The molecule has 0 saturated heterocycles. The second kappa shape index (κ2) is 7.61. The van der Waals surface area contributed by atoms with Crippen LogP contribution in [0.25, 0.3) is 0 Å². The zero-order valence-electron chi connectivity index (χ0n) is 12.9. The first kappa shape index (κ1) is 17.5. The van der Waals surface area contributed by atoms with Crippen LogP contribution in [0.3, 0.4) is 0 Å². The standard InChI is InChI=1S/C16H16BrNO4S/c1-9-10(2)23-15(14(9)16(20)21-3)18-13(19)8-22-12-6-4-11(17)5-7-12/h4-7H,8H2,1-3H3,(H,18,19). The van der Waals surface area contributed by atoms with Crippen molar-refractivity contribution in [1.29, 1.82) is 0 Å². The van der Waals surface area contributed by atoms with Crippen molar-refractivity contribution >= 4 is 44.1 Å². The number of halogens is 1. The maximum atomic E-state index is 12.0. The first-order chi connectivity index (χ1) is 10.9. The van der Waals surface area contributed by atoms with Gasteiger partial charge in [0.2, 0.25) is 0 Å². The van der Waals surface area contributed by atoms with E-state index >= 15 is 0 Å². The van der Waals surface area contributed by atoms with Crippen molar-refractivity contribution in [3.8, 4) is 5.75 Å². The third-order valence-corrected chi connectivity index (χ3v) is 4.86. The van der Waals surface area contributed by atoms with Gasteiger partial charge in [-0.3, -0.25) is 4.79 Å².